The van der Waals surface area contributed by atoms with Gasteiger partial charge in [-0.3, -0.25) is 10.1 Å². The molecule has 3 aromatic rings. The molecule has 6 heteroatoms. The fourth-order valence-electron chi connectivity index (χ4n) is 1.77. The van der Waals surface area contributed by atoms with Crippen molar-refractivity contribution in [1.82, 2.24) is 9.97 Å². The number of benzene rings is 1. The van der Waals surface area contributed by atoms with Crippen LogP contribution in [-0.4, -0.2) is 14.9 Å². The standard InChI is InChI=1S/C13H9N3O2S/c17-16(18)10-4-1-3-9(7-10)12-8-19-13(15-12)11-5-2-6-14-11/h1-8,14H. The van der Waals surface area contributed by atoms with E-state index in [-0.39, 0.29) is 5.69 Å². The van der Waals surface area contributed by atoms with E-state index in [0.717, 1.165) is 22.0 Å². The molecule has 0 bridgehead atoms. The van der Waals surface area contributed by atoms with Gasteiger partial charge in [0.15, 0.2) is 0 Å². The van der Waals surface area contributed by atoms with Crippen LogP contribution in [0.5, 0.6) is 0 Å². The molecule has 0 fully saturated rings. The van der Waals surface area contributed by atoms with E-state index in [9.17, 15) is 10.1 Å². The van der Waals surface area contributed by atoms with E-state index >= 15 is 0 Å². The molecule has 0 amide bonds. The van der Waals surface area contributed by atoms with Crippen LogP contribution in [0, 0.1) is 10.1 Å². The van der Waals surface area contributed by atoms with Gasteiger partial charge >= 0.3 is 0 Å². The summed E-state index contributed by atoms with van der Waals surface area (Å²) in [6, 6.07) is 10.3. The number of aromatic amines is 1. The summed E-state index contributed by atoms with van der Waals surface area (Å²) in [5, 5.41) is 13.5. The highest BCUT2D eigenvalue weighted by Gasteiger charge is 2.10. The number of hydrogen-bond donors (Lipinski definition) is 1. The van der Waals surface area contributed by atoms with Crippen molar-refractivity contribution in [1.29, 1.82) is 0 Å². The second-order valence-corrected chi connectivity index (χ2v) is 4.79. The molecule has 1 aromatic carbocycles. The molecule has 0 unspecified atom stereocenters. The predicted molar refractivity (Wildman–Crippen MR) is 74.0 cm³/mol. The molecule has 2 aromatic heterocycles. The molecule has 0 saturated carbocycles. The summed E-state index contributed by atoms with van der Waals surface area (Å²) in [6.07, 6.45) is 1.84. The minimum atomic E-state index is -0.401. The third-order valence-electron chi connectivity index (χ3n) is 2.69. The Kier molecular flexibility index (Phi) is 2.85. The Morgan fingerprint density at radius 2 is 2.16 bits per heavy atom. The van der Waals surface area contributed by atoms with Crippen molar-refractivity contribution in [3.8, 4) is 22.0 Å². The van der Waals surface area contributed by atoms with Gasteiger partial charge in [0.05, 0.1) is 16.3 Å². The zero-order valence-electron chi connectivity index (χ0n) is 9.74. The minimum absolute atomic E-state index is 0.0759. The quantitative estimate of drug-likeness (QED) is 0.583. The first-order chi connectivity index (χ1) is 9.24. The average molecular weight is 271 g/mol. The lowest BCUT2D eigenvalue weighted by Crippen LogP contribution is -1.88. The molecule has 0 aliphatic rings. The first-order valence-corrected chi connectivity index (χ1v) is 6.46. The minimum Gasteiger partial charge on any atom is -0.359 e. The highest BCUT2D eigenvalue weighted by Crippen LogP contribution is 2.29. The Hall–Kier alpha value is -2.47. The summed E-state index contributed by atoms with van der Waals surface area (Å²) in [4.78, 5) is 17.9. The summed E-state index contributed by atoms with van der Waals surface area (Å²) in [6.45, 7) is 0. The molecule has 0 radical (unpaired) electrons. The van der Waals surface area contributed by atoms with Gasteiger partial charge in [0.1, 0.15) is 5.01 Å². The van der Waals surface area contributed by atoms with Crippen LogP contribution in [0.15, 0.2) is 48.0 Å². The Morgan fingerprint density at radius 1 is 1.26 bits per heavy atom. The zero-order chi connectivity index (χ0) is 13.2. The van der Waals surface area contributed by atoms with Crippen LogP contribution in [0.4, 0.5) is 5.69 Å². The Labute approximate surface area is 112 Å². The zero-order valence-corrected chi connectivity index (χ0v) is 10.6. The largest absolute Gasteiger partial charge is 0.359 e. The SMILES string of the molecule is O=[N+]([O-])c1cccc(-c2csc(-c3ccc[nH]3)n2)c1. The van der Waals surface area contributed by atoms with E-state index in [0.29, 0.717) is 0 Å². The van der Waals surface area contributed by atoms with Crippen molar-refractivity contribution in [2.24, 2.45) is 0 Å². The summed E-state index contributed by atoms with van der Waals surface area (Å²) in [5.74, 6) is 0. The van der Waals surface area contributed by atoms with Gasteiger partial charge in [0.25, 0.3) is 5.69 Å². The van der Waals surface area contributed by atoms with Crippen molar-refractivity contribution < 1.29 is 4.92 Å². The van der Waals surface area contributed by atoms with Crippen molar-refractivity contribution in [2.45, 2.75) is 0 Å². The molecule has 1 N–H and O–H groups in total. The molecule has 19 heavy (non-hydrogen) atoms. The maximum absolute atomic E-state index is 10.8. The van der Waals surface area contributed by atoms with Crippen LogP contribution in [0.1, 0.15) is 0 Å². The van der Waals surface area contributed by atoms with Crippen molar-refractivity contribution in [3.63, 3.8) is 0 Å². The van der Waals surface area contributed by atoms with E-state index in [4.69, 9.17) is 0 Å². The molecule has 0 atom stereocenters. The normalized spacial score (nSPS) is 10.5. The molecule has 3 rings (SSSR count). The van der Waals surface area contributed by atoms with Gasteiger partial charge in [-0.2, -0.15) is 0 Å². The number of thiazole rings is 1. The Bertz CT molecular complexity index is 719. The lowest BCUT2D eigenvalue weighted by atomic mass is 10.1. The smallest absolute Gasteiger partial charge is 0.270 e. The Morgan fingerprint density at radius 3 is 2.89 bits per heavy atom. The average Bonchev–Trinajstić information content (AvgIpc) is 3.09. The molecule has 0 saturated heterocycles. The topological polar surface area (TPSA) is 71.8 Å². The third kappa shape index (κ3) is 2.25. The van der Waals surface area contributed by atoms with Crippen LogP contribution in [-0.2, 0) is 0 Å². The third-order valence-corrected chi connectivity index (χ3v) is 3.56. The maximum atomic E-state index is 10.8. The van der Waals surface area contributed by atoms with Crippen molar-refractivity contribution >= 4 is 17.0 Å². The first-order valence-electron chi connectivity index (χ1n) is 5.58. The second-order valence-electron chi connectivity index (χ2n) is 3.93. The summed E-state index contributed by atoms with van der Waals surface area (Å²) in [5.41, 5.74) is 2.52. The molecular formula is C13H9N3O2S. The lowest BCUT2D eigenvalue weighted by Gasteiger charge is -1.96. The van der Waals surface area contributed by atoms with Gasteiger partial charge in [0, 0.05) is 29.3 Å². The van der Waals surface area contributed by atoms with Gasteiger partial charge in [0.2, 0.25) is 0 Å². The van der Waals surface area contributed by atoms with Gasteiger partial charge in [-0.15, -0.1) is 11.3 Å². The molecule has 94 valence electrons. The Balaban J connectivity index is 1.99. The summed E-state index contributed by atoms with van der Waals surface area (Å²) >= 11 is 1.50. The monoisotopic (exact) mass is 271 g/mol. The number of nitro benzene ring substituents is 1. The summed E-state index contributed by atoms with van der Waals surface area (Å²) < 4.78 is 0. The van der Waals surface area contributed by atoms with E-state index in [1.165, 1.54) is 23.5 Å². The van der Waals surface area contributed by atoms with Gasteiger partial charge in [-0.05, 0) is 12.1 Å². The van der Waals surface area contributed by atoms with Crippen LogP contribution in [0.25, 0.3) is 22.0 Å². The van der Waals surface area contributed by atoms with Gasteiger partial charge in [-0.1, -0.05) is 12.1 Å². The molecular weight excluding hydrogens is 262 g/mol. The fourth-order valence-corrected chi connectivity index (χ4v) is 2.59. The van der Waals surface area contributed by atoms with Crippen LogP contribution >= 0.6 is 11.3 Å². The van der Waals surface area contributed by atoms with Crippen molar-refractivity contribution in [2.75, 3.05) is 0 Å². The fraction of sp³-hybridized carbons (Fsp3) is 0. The number of H-pyrrole nitrogens is 1. The van der Waals surface area contributed by atoms with Gasteiger partial charge in [-0.25, -0.2) is 4.98 Å². The first kappa shape index (κ1) is 11.6. The maximum Gasteiger partial charge on any atom is 0.270 e. The molecule has 0 aliphatic carbocycles. The number of nitrogens with zero attached hydrogens (tertiary/aromatic N) is 2. The van der Waals surface area contributed by atoms with Crippen LogP contribution in [0.2, 0.25) is 0 Å². The molecule has 0 spiro atoms. The number of rotatable bonds is 3. The second kappa shape index (κ2) is 4.66. The van der Waals surface area contributed by atoms with Crippen molar-refractivity contribution in [3.05, 3.63) is 58.1 Å². The number of hydrogen-bond acceptors (Lipinski definition) is 4. The van der Waals surface area contributed by atoms with E-state index < -0.39 is 4.92 Å². The van der Waals surface area contributed by atoms with Gasteiger partial charge < -0.3 is 4.98 Å². The van der Waals surface area contributed by atoms with E-state index in [2.05, 4.69) is 9.97 Å². The number of aromatic nitrogens is 2. The van der Waals surface area contributed by atoms with Crippen LogP contribution < -0.4 is 0 Å². The highest BCUT2D eigenvalue weighted by atomic mass is 32.1. The molecule has 0 aliphatic heterocycles. The van der Waals surface area contributed by atoms with Crippen LogP contribution in [0.3, 0.4) is 0 Å². The summed E-state index contributed by atoms with van der Waals surface area (Å²) in [7, 11) is 0. The molecule has 5 nitrogen and oxygen atoms in total. The van der Waals surface area contributed by atoms with E-state index in [1.807, 2.05) is 29.8 Å². The molecule has 2 heterocycles. The lowest BCUT2D eigenvalue weighted by molar-refractivity contribution is -0.384. The van der Waals surface area contributed by atoms with E-state index in [1.54, 1.807) is 6.07 Å². The number of nitro groups is 1. The number of nitrogens with one attached hydrogen (secondary N) is 1. The highest BCUT2D eigenvalue weighted by molar-refractivity contribution is 7.13. The number of non-ortho nitro benzene ring substituents is 1. The predicted octanol–water partition coefficient (Wildman–Crippen LogP) is 3.71.